The lowest BCUT2D eigenvalue weighted by Gasteiger charge is -2.13. The zero-order valence-electron chi connectivity index (χ0n) is 13.2. The summed E-state index contributed by atoms with van der Waals surface area (Å²) in [6, 6.07) is 3.10. The number of nitrogens with one attached hydrogen (secondary N) is 1. The molecule has 0 heterocycles. The van der Waals surface area contributed by atoms with E-state index in [1.807, 2.05) is 0 Å². The highest BCUT2D eigenvalue weighted by Crippen LogP contribution is 2.38. The van der Waals surface area contributed by atoms with Gasteiger partial charge in [0.05, 0.1) is 22.4 Å². The first-order chi connectivity index (χ1) is 12.3. The largest absolute Gasteiger partial charge is 0.454 e. The minimum Gasteiger partial charge on any atom is -0.454 e. The van der Waals surface area contributed by atoms with Crippen molar-refractivity contribution in [2.45, 2.75) is 6.18 Å². The minimum absolute atomic E-state index is 0.353. The molecule has 0 spiro atoms. The van der Waals surface area contributed by atoms with Crippen molar-refractivity contribution >= 4 is 27.5 Å². The topological polar surface area (TPSA) is 72.5 Å². The fraction of sp³-hybridized carbons (Fsp3) is 0.133. The van der Waals surface area contributed by atoms with Crippen LogP contribution in [0.4, 0.5) is 22.0 Å². The van der Waals surface area contributed by atoms with E-state index in [1.54, 1.807) is 0 Å². The molecule has 0 aromatic heterocycles. The number of rotatable bonds is 4. The zero-order valence-corrected chi connectivity index (χ0v) is 14.8. The fourth-order valence-electron chi connectivity index (χ4n) is 1.92. The van der Waals surface area contributed by atoms with E-state index in [9.17, 15) is 35.2 Å². The second kappa shape index (κ2) is 7.31. The molecular weight excluding hydrogens is 421 g/mol. The van der Waals surface area contributed by atoms with Crippen molar-refractivity contribution in [1.29, 1.82) is 0 Å². The third-order valence-corrected chi connectivity index (χ3v) is 3.90. The predicted molar refractivity (Wildman–Crippen MR) is 85.2 cm³/mol. The van der Waals surface area contributed by atoms with Crippen LogP contribution in [0.15, 0.2) is 30.3 Å². The third-order valence-electron chi connectivity index (χ3n) is 3.02. The first-order valence-electron chi connectivity index (χ1n) is 6.83. The van der Waals surface area contributed by atoms with E-state index in [1.165, 1.54) is 4.72 Å². The summed E-state index contributed by atoms with van der Waals surface area (Å²) < 4.78 is 94.8. The first-order valence-corrected chi connectivity index (χ1v) is 9.10. The van der Waals surface area contributed by atoms with Gasteiger partial charge in [-0.25, -0.2) is 21.9 Å². The molecule has 0 radical (unpaired) electrons. The molecular formula is C15H9ClF5NO4S. The molecule has 12 heteroatoms. The van der Waals surface area contributed by atoms with Crippen molar-refractivity contribution in [3.05, 3.63) is 58.1 Å². The monoisotopic (exact) mass is 429 g/mol. The van der Waals surface area contributed by atoms with E-state index in [4.69, 9.17) is 16.3 Å². The number of sulfonamides is 1. The third kappa shape index (κ3) is 5.30. The van der Waals surface area contributed by atoms with Crippen LogP contribution in [-0.4, -0.2) is 20.6 Å². The summed E-state index contributed by atoms with van der Waals surface area (Å²) in [6.07, 6.45) is -4.16. The molecule has 0 fully saturated rings. The first kappa shape index (κ1) is 20.9. The molecule has 2 aromatic rings. The fourth-order valence-corrected chi connectivity index (χ4v) is 2.59. The van der Waals surface area contributed by atoms with E-state index < -0.39 is 61.4 Å². The molecule has 2 aromatic carbocycles. The van der Waals surface area contributed by atoms with Gasteiger partial charge in [-0.15, -0.1) is 0 Å². The lowest BCUT2D eigenvalue weighted by molar-refractivity contribution is -0.137. The maximum atomic E-state index is 14.1. The number of carbonyl (C=O) groups excluding carboxylic acids is 1. The summed E-state index contributed by atoms with van der Waals surface area (Å²) in [5.74, 6) is -5.39. The molecule has 27 heavy (non-hydrogen) atoms. The van der Waals surface area contributed by atoms with Crippen molar-refractivity contribution in [1.82, 2.24) is 4.72 Å². The number of carbonyl (C=O) groups is 1. The van der Waals surface area contributed by atoms with Crippen molar-refractivity contribution in [3.8, 4) is 11.5 Å². The van der Waals surface area contributed by atoms with Gasteiger partial charge >= 0.3 is 6.18 Å². The highest BCUT2D eigenvalue weighted by molar-refractivity contribution is 7.89. The molecule has 146 valence electrons. The molecule has 1 amide bonds. The van der Waals surface area contributed by atoms with Gasteiger partial charge in [-0.05, 0) is 24.3 Å². The number of hydrogen-bond acceptors (Lipinski definition) is 4. The van der Waals surface area contributed by atoms with Gasteiger partial charge in [0, 0.05) is 6.07 Å². The molecule has 0 aliphatic rings. The van der Waals surface area contributed by atoms with Gasteiger partial charge in [0.2, 0.25) is 10.0 Å². The number of benzene rings is 2. The highest BCUT2D eigenvalue weighted by atomic mass is 35.5. The standard InChI is InChI=1S/C15H9ClF5NO4S/c1-27(24,25)22-14(23)8-5-12(18)13(6-11(8)17)26-7-2-3-10(16)9(4-7)15(19,20)21/h2-6H,1H3,(H,22,23). The van der Waals surface area contributed by atoms with Gasteiger partial charge in [0.15, 0.2) is 11.6 Å². The van der Waals surface area contributed by atoms with Crippen LogP contribution in [0.5, 0.6) is 11.5 Å². The van der Waals surface area contributed by atoms with E-state index in [-0.39, 0.29) is 0 Å². The van der Waals surface area contributed by atoms with Crippen LogP contribution in [0.3, 0.4) is 0 Å². The average Bonchev–Trinajstić information content (AvgIpc) is 2.49. The van der Waals surface area contributed by atoms with Crippen molar-refractivity contribution in [3.63, 3.8) is 0 Å². The quantitative estimate of drug-likeness (QED) is 0.742. The lowest BCUT2D eigenvalue weighted by atomic mass is 10.1. The number of hydrogen-bond donors (Lipinski definition) is 1. The Morgan fingerprint density at radius 3 is 2.30 bits per heavy atom. The van der Waals surface area contributed by atoms with Gasteiger partial charge in [-0.2, -0.15) is 13.2 Å². The smallest absolute Gasteiger partial charge is 0.417 e. The zero-order chi connectivity index (χ0) is 20.6. The van der Waals surface area contributed by atoms with E-state index in [2.05, 4.69) is 0 Å². The maximum absolute atomic E-state index is 14.1. The number of amides is 1. The Bertz CT molecular complexity index is 1010. The summed E-state index contributed by atoms with van der Waals surface area (Å²) in [6.45, 7) is 0. The van der Waals surface area contributed by atoms with Gasteiger partial charge in [-0.3, -0.25) is 4.79 Å². The predicted octanol–water partition coefficient (Wildman–Crippen LogP) is 4.12. The Kier molecular flexibility index (Phi) is 5.66. The van der Waals surface area contributed by atoms with E-state index in [0.29, 0.717) is 24.5 Å². The Balaban J connectivity index is 2.36. The van der Waals surface area contributed by atoms with Crippen LogP contribution < -0.4 is 9.46 Å². The normalized spacial score (nSPS) is 12.0. The Morgan fingerprint density at radius 1 is 1.11 bits per heavy atom. The minimum atomic E-state index is -4.80. The van der Waals surface area contributed by atoms with Crippen molar-refractivity contribution < 1.29 is 39.9 Å². The van der Waals surface area contributed by atoms with Crippen molar-refractivity contribution in [2.75, 3.05) is 6.26 Å². The summed E-state index contributed by atoms with van der Waals surface area (Å²) >= 11 is 5.45. The Labute approximate surface area is 154 Å². The lowest BCUT2D eigenvalue weighted by Crippen LogP contribution is -2.30. The van der Waals surface area contributed by atoms with Gasteiger partial charge in [0.1, 0.15) is 11.6 Å². The maximum Gasteiger partial charge on any atom is 0.417 e. The molecule has 0 aliphatic carbocycles. The van der Waals surface area contributed by atoms with Gasteiger partial charge < -0.3 is 4.74 Å². The van der Waals surface area contributed by atoms with Crippen molar-refractivity contribution in [2.24, 2.45) is 0 Å². The number of ether oxygens (including phenoxy) is 1. The van der Waals surface area contributed by atoms with Crippen LogP contribution in [0.25, 0.3) is 0 Å². The molecule has 0 aliphatic heterocycles. The van der Waals surface area contributed by atoms with E-state index in [0.717, 1.165) is 12.1 Å². The van der Waals surface area contributed by atoms with Crippen LogP contribution in [-0.2, 0) is 16.2 Å². The average molecular weight is 430 g/mol. The summed E-state index contributed by atoms with van der Waals surface area (Å²) in [5.41, 5.74) is -2.18. The van der Waals surface area contributed by atoms with Gasteiger partial charge in [0.25, 0.3) is 5.91 Å². The molecule has 1 N–H and O–H groups in total. The van der Waals surface area contributed by atoms with Crippen LogP contribution in [0, 0.1) is 11.6 Å². The highest BCUT2D eigenvalue weighted by Gasteiger charge is 2.33. The van der Waals surface area contributed by atoms with Crippen LogP contribution in [0.2, 0.25) is 5.02 Å². The molecule has 0 saturated heterocycles. The Hall–Kier alpha value is -2.40. The molecule has 0 bridgehead atoms. The number of alkyl halides is 3. The number of halogens is 6. The molecule has 0 unspecified atom stereocenters. The SMILES string of the molecule is CS(=O)(=O)NC(=O)c1cc(F)c(Oc2ccc(Cl)c(C(F)(F)F)c2)cc1F. The molecule has 2 rings (SSSR count). The van der Waals surface area contributed by atoms with Crippen LogP contribution >= 0.6 is 11.6 Å². The molecule has 0 atom stereocenters. The van der Waals surface area contributed by atoms with Gasteiger partial charge in [-0.1, -0.05) is 11.6 Å². The summed E-state index contributed by atoms with van der Waals surface area (Å²) in [7, 11) is -4.02. The summed E-state index contributed by atoms with van der Waals surface area (Å²) in [5, 5.41) is -0.616. The second-order valence-corrected chi connectivity index (χ2v) is 7.36. The second-order valence-electron chi connectivity index (χ2n) is 5.21. The summed E-state index contributed by atoms with van der Waals surface area (Å²) in [4.78, 5) is 11.6. The molecule has 0 saturated carbocycles. The Morgan fingerprint density at radius 2 is 1.74 bits per heavy atom. The van der Waals surface area contributed by atoms with Crippen LogP contribution in [0.1, 0.15) is 15.9 Å². The molecule has 5 nitrogen and oxygen atoms in total. The van der Waals surface area contributed by atoms with E-state index >= 15 is 0 Å².